The van der Waals surface area contributed by atoms with Crippen LogP contribution in [0.3, 0.4) is 0 Å². The maximum atomic E-state index is 14.2. The molecule has 0 aliphatic carbocycles. The Morgan fingerprint density at radius 1 is 1.12 bits per heavy atom. The van der Waals surface area contributed by atoms with Gasteiger partial charge in [-0.15, -0.1) is 0 Å². The highest BCUT2D eigenvalue weighted by atomic mass is 19.3. The van der Waals surface area contributed by atoms with E-state index >= 15 is 0 Å². The van der Waals surface area contributed by atoms with E-state index in [1.54, 1.807) is 12.1 Å². The number of halogens is 3. The third-order valence-corrected chi connectivity index (χ3v) is 3.66. The summed E-state index contributed by atoms with van der Waals surface area (Å²) < 4.78 is 48.0. The molecule has 4 nitrogen and oxygen atoms in total. The van der Waals surface area contributed by atoms with E-state index in [9.17, 15) is 18.0 Å². The molecule has 26 heavy (non-hydrogen) atoms. The molecule has 0 unspecified atom stereocenters. The van der Waals surface area contributed by atoms with E-state index < -0.39 is 12.4 Å². The van der Waals surface area contributed by atoms with Crippen LogP contribution in [-0.4, -0.2) is 17.4 Å². The van der Waals surface area contributed by atoms with Crippen LogP contribution in [0.1, 0.15) is 11.1 Å². The summed E-state index contributed by atoms with van der Waals surface area (Å²) in [6, 6.07) is 10.4. The average molecular weight is 361 g/mol. The molecule has 0 amide bonds. The van der Waals surface area contributed by atoms with Crippen molar-refractivity contribution in [2.45, 2.75) is 19.5 Å². The molecule has 0 radical (unpaired) electrons. The smallest absolute Gasteiger partial charge is 0.387 e. The van der Waals surface area contributed by atoms with Gasteiger partial charge in [-0.25, -0.2) is 9.37 Å². The molecule has 3 rings (SSSR count). The Balaban J connectivity index is 1.66. The van der Waals surface area contributed by atoms with Gasteiger partial charge in [0.2, 0.25) is 0 Å². The predicted molar refractivity (Wildman–Crippen MR) is 87.4 cm³/mol. The molecule has 1 aromatic heterocycles. The van der Waals surface area contributed by atoms with Crippen LogP contribution in [0, 0.1) is 5.82 Å². The van der Waals surface area contributed by atoms with Crippen molar-refractivity contribution in [1.82, 2.24) is 4.98 Å². The topological polar surface area (TPSA) is 52.3 Å². The number of carbonyl (C=O) groups excluding carboxylic acids is 1. The number of aromatic nitrogens is 1. The van der Waals surface area contributed by atoms with Crippen molar-refractivity contribution in [2.24, 2.45) is 0 Å². The zero-order chi connectivity index (χ0) is 18.5. The van der Waals surface area contributed by atoms with Crippen LogP contribution in [0.25, 0.3) is 11.3 Å². The molecule has 0 spiro atoms. The molecule has 0 bridgehead atoms. The lowest BCUT2D eigenvalue weighted by atomic mass is 10.0. The van der Waals surface area contributed by atoms with Gasteiger partial charge in [-0.1, -0.05) is 18.2 Å². The molecular formula is C19H14F3NO3. The first kappa shape index (κ1) is 17.7. The zero-order valence-electron chi connectivity index (χ0n) is 13.5. The Bertz CT molecular complexity index is 895. The molecule has 2 aromatic carbocycles. The van der Waals surface area contributed by atoms with Crippen molar-refractivity contribution in [2.75, 3.05) is 0 Å². The van der Waals surface area contributed by atoms with Gasteiger partial charge in [0, 0.05) is 12.8 Å². The standard InChI is InChI=1S/C19H14F3NO3/c20-17-9-13(4-5-16(17)18-10-23-11-25-18)7-14(24)6-12-2-1-3-15(8-12)26-19(21)22/h1-5,8-11,19H,6-7H2. The maximum absolute atomic E-state index is 14.2. The maximum Gasteiger partial charge on any atom is 0.387 e. The van der Waals surface area contributed by atoms with E-state index in [1.807, 2.05) is 0 Å². The minimum atomic E-state index is -2.92. The number of Topliss-reactive ketones (excluding diaryl/α,β-unsaturated/α-hetero) is 1. The van der Waals surface area contributed by atoms with Crippen molar-refractivity contribution in [1.29, 1.82) is 0 Å². The number of hydrogen-bond acceptors (Lipinski definition) is 4. The van der Waals surface area contributed by atoms with Crippen LogP contribution >= 0.6 is 0 Å². The van der Waals surface area contributed by atoms with Gasteiger partial charge in [0.1, 0.15) is 17.3 Å². The minimum Gasteiger partial charge on any atom is -0.443 e. The molecule has 0 aliphatic rings. The fourth-order valence-corrected chi connectivity index (χ4v) is 2.57. The summed E-state index contributed by atoms with van der Waals surface area (Å²) in [6.45, 7) is -2.92. The molecule has 7 heteroatoms. The quantitative estimate of drug-likeness (QED) is 0.624. The second-order valence-corrected chi connectivity index (χ2v) is 5.60. The molecule has 3 aromatic rings. The Labute approximate surface area is 147 Å². The fourth-order valence-electron chi connectivity index (χ4n) is 2.57. The highest BCUT2D eigenvalue weighted by Gasteiger charge is 2.12. The molecule has 1 heterocycles. The lowest BCUT2D eigenvalue weighted by molar-refractivity contribution is -0.117. The lowest BCUT2D eigenvalue weighted by Gasteiger charge is -2.07. The van der Waals surface area contributed by atoms with Crippen molar-refractivity contribution in [3.8, 4) is 17.1 Å². The fraction of sp³-hybridized carbons (Fsp3) is 0.158. The van der Waals surface area contributed by atoms with Gasteiger partial charge in [-0.05, 0) is 35.4 Å². The van der Waals surface area contributed by atoms with E-state index in [1.165, 1.54) is 42.9 Å². The number of ether oxygens (including phenoxy) is 1. The van der Waals surface area contributed by atoms with Crippen molar-refractivity contribution < 1.29 is 27.1 Å². The first-order valence-electron chi connectivity index (χ1n) is 7.74. The Morgan fingerprint density at radius 2 is 1.88 bits per heavy atom. The van der Waals surface area contributed by atoms with Crippen LogP contribution in [0.15, 0.2) is 59.5 Å². The summed E-state index contributed by atoms with van der Waals surface area (Å²) in [6.07, 6.45) is 2.66. The van der Waals surface area contributed by atoms with Crippen LogP contribution in [0.5, 0.6) is 5.75 Å². The highest BCUT2D eigenvalue weighted by molar-refractivity contribution is 5.83. The molecule has 0 fully saturated rings. The third kappa shape index (κ3) is 4.50. The summed E-state index contributed by atoms with van der Waals surface area (Å²) in [4.78, 5) is 15.9. The second kappa shape index (κ2) is 7.86. The number of benzene rings is 2. The van der Waals surface area contributed by atoms with Crippen molar-refractivity contribution in [3.63, 3.8) is 0 Å². The molecule has 0 saturated heterocycles. The number of ketones is 1. The normalized spacial score (nSPS) is 10.9. The SMILES string of the molecule is O=C(Cc1cccc(OC(F)F)c1)Cc1ccc(-c2cnco2)c(F)c1. The van der Waals surface area contributed by atoms with E-state index in [2.05, 4.69) is 9.72 Å². The minimum absolute atomic E-state index is 0.00671. The molecule has 134 valence electrons. The van der Waals surface area contributed by atoms with Crippen molar-refractivity contribution >= 4 is 5.78 Å². The largest absolute Gasteiger partial charge is 0.443 e. The monoisotopic (exact) mass is 361 g/mol. The van der Waals surface area contributed by atoms with Gasteiger partial charge in [0.15, 0.2) is 12.2 Å². The van der Waals surface area contributed by atoms with Crippen LogP contribution in [-0.2, 0) is 17.6 Å². The molecule has 0 N–H and O–H groups in total. The first-order valence-corrected chi connectivity index (χ1v) is 7.74. The van der Waals surface area contributed by atoms with Crippen LogP contribution in [0.4, 0.5) is 13.2 Å². The van der Waals surface area contributed by atoms with Crippen LogP contribution in [0.2, 0.25) is 0 Å². The van der Waals surface area contributed by atoms with Gasteiger partial charge in [0.25, 0.3) is 0 Å². The molecule has 0 atom stereocenters. The van der Waals surface area contributed by atoms with E-state index in [4.69, 9.17) is 4.42 Å². The average Bonchev–Trinajstić information content (AvgIpc) is 3.08. The highest BCUT2D eigenvalue weighted by Crippen LogP contribution is 2.23. The van der Waals surface area contributed by atoms with Gasteiger partial charge >= 0.3 is 6.61 Å². The third-order valence-electron chi connectivity index (χ3n) is 3.66. The first-order chi connectivity index (χ1) is 12.5. The van der Waals surface area contributed by atoms with Gasteiger partial charge in [-0.2, -0.15) is 8.78 Å². The van der Waals surface area contributed by atoms with E-state index in [0.717, 1.165) is 0 Å². The number of nitrogens with zero attached hydrogens (tertiary/aromatic N) is 1. The zero-order valence-corrected chi connectivity index (χ0v) is 13.5. The second-order valence-electron chi connectivity index (χ2n) is 5.60. The number of oxazole rings is 1. The summed E-state index contributed by atoms with van der Waals surface area (Å²) in [5.74, 6) is -0.394. The Kier molecular flexibility index (Phi) is 5.36. The molecule has 0 aliphatic heterocycles. The number of carbonyl (C=O) groups is 1. The van der Waals surface area contributed by atoms with Crippen molar-refractivity contribution in [3.05, 3.63) is 72.0 Å². The van der Waals surface area contributed by atoms with Gasteiger partial charge in [0.05, 0.1) is 11.8 Å². The Morgan fingerprint density at radius 3 is 2.54 bits per heavy atom. The summed E-state index contributed by atoms with van der Waals surface area (Å²) in [7, 11) is 0. The van der Waals surface area contributed by atoms with Gasteiger partial charge in [-0.3, -0.25) is 4.79 Å². The van der Waals surface area contributed by atoms with Gasteiger partial charge < -0.3 is 9.15 Å². The summed E-state index contributed by atoms with van der Waals surface area (Å²) in [5.41, 5.74) is 1.32. The van der Waals surface area contributed by atoms with E-state index in [0.29, 0.717) is 16.9 Å². The summed E-state index contributed by atoms with van der Waals surface area (Å²) in [5, 5.41) is 0. The number of rotatable bonds is 7. The summed E-state index contributed by atoms with van der Waals surface area (Å²) >= 11 is 0. The predicted octanol–water partition coefficient (Wildman–Crippen LogP) is 4.44. The van der Waals surface area contributed by atoms with Crippen LogP contribution < -0.4 is 4.74 Å². The lowest BCUT2D eigenvalue weighted by Crippen LogP contribution is -2.08. The molecule has 0 saturated carbocycles. The number of hydrogen-bond donors (Lipinski definition) is 0. The molecular weight excluding hydrogens is 347 g/mol. The van der Waals surface area contributed by atoms with E-state index in [-0.39, 0.29) is 29.9 Å². The number of alkyl halides is 2. The Hall–Kier alpha value is -3.09.